The normalized spacial score (nSPS) is 11.3. The van der Waals surface area contributed by atoms with Crippen molar-refractivity contribution in [3.8, 4) is 5.69 Å². The number of hydrogen-bond acceptors (Lipinski definition) is 4. The summed E-state index contributed by atoms with van der Waals surface area (Å²) in [5.41, 5.74) is 6.87. The van der Waals surface area contributed by atoms with E-state index in [0.717, 1.165) is 6.42 Å². The fourth-order valence-corrected chi connectivity index (χ4v) is 4.21. The first-order valence-electron chi connectivity index (χ1n) is 12.0. The Balaban J connectivity index is 2.16. The van der Waals surface area contributed by atoms with Gasteiger partial charge < -0.3 is 15.2 Å². The molecule has 0 saturated carbocycles. The van der Waals surface area contributed by atoms with E-state index in [1.54, 1.807) is 42.7 Å². The monoisotopic (exact) mass is 483 g/mol. The van der Waals surface area contributed by atoms with Crippen LogP contribution >= 0.6 is 0 Å². The predicted octanol–water partition coefficient (Wildman–Crippen LogP) is 4.16. The van der Waals surface area contributed by atoms with Gasteiger partial charge in [0.25, 0.3) is 11.5 Å². The van der Waals surface area contributed by atoms with E-state index in [4.69, 9.17) is 5.73 Å². The summed E-state index contributed by atoms with van der Waals surface area (Å²) in [5, 5.41) is 0. The molecule has 0 aliphatic heterocycles. The van der Waals surface area contributed by atoms with Gasteiger partial charge in [-0.2, -0.15) is 0 Å². The molecule has 35 heavy (non-hydrogen) atoms. The summed E-state index contributed by atoms with van der Waals surface area (Å²) < 4.78 is 17.5. The molecule has 2 aromatic heterocycles. The van der Waals surface area contributed by atoms with Gasteiger partial charge in [-0.25, -0.2) is 9.18 Å². The number of benzene rings is 1. The van der Waals surface area contributed by atoms with Crippen LogP contribution < -0.4 is 21.9 Å². The summed E-state index contributed by atoms with van der Waals surface area (Å²) in [7, 11) is 0. The van der Waals surface area contributed by atoms with E-state index in [1.165, 1.54) is 15.5 Å². The molecule has 1 aromatic carbocycles. The zero-order valence-electron chi connectivity index (χ0n) is 21.0. The molecule has 2 heterocycles. The molecule has 0 aliphatic rings. The smallest absolute Gasteiger partial charge is 0.330 e. The maximum atomic E-state index is 14.6. The Morgan fingerprint density at radius 2 is 1.89 bits per heavy atom. The van der Waals surface area contributed by atoms with Crippen molar-refractivity contribution in [3.05, 3.63) is 73.9 Å². The van der Waals surface area contributed by atoms with Crippen molar-refractivity contribution in [2.24, 2.45) is 5.92 Å². The number of hydrogen-bond donors (Lipinski definition) is 2. The first-order valence-corrected chi connectivity index (χ1v) is 12.0. The Bertz CT molecular complexity index is 1340. The van der Waals surface area contributed by atoms with Gasteiger partial charge in [0.15, 0.2) is 5.69 Å². The van der Waals surface area contributed by atoms with Gasteiger partial charge in [-0.15, -0.1) is 0 Å². The third-order valence-corrected chi connectivity index (χ3v) is 6.15. The van der Waals surface area contributed by atoms with Crippen molar-refractivity contribution in [3.63, 3.8) is 0 Å². The maximum absolute atomic E-state index is 14.6. The quantitative estimate of drug-likeness (QED) is 0.477. The molecule has 0 aliphatic carbocycles. The topological polar surface area (TPSA) is 106 Å². The van der Waals surface area contributed by atoms with Gasteiger partial charge in [-0.3, -0.25) is 19.1 Å². The van der Waals surface area contributed by atoms with Gasteiger partial charge in [0.1, 0.15) is 11.6 Å². The summed E-state index contributed by atoms with van der Waals surface area (Å²) in [6.45, 7) is 10.1. The molecule has 0 bridgehead atoms. The minimum atomic E-state index is -0.708. The lowest BCUT2D eigenvalue weighted by molar-refractivity contribution is 0.0985. The number of H-pyrrole nitrogens is 1. The number of carbonyl (C=O) groups is 1. The summed E-state index contributed by atoms with van der Waals surface area (Å²) in [4.78, 5) is 42.9. The average Bonchev–Trinajstić information content (AvgIpc) is 3.09. The molecular weight excluding hydrogens is 449 g/mol. The second-order valence-electron chi connectivity index (χ2n) is 9.21. The predicted molar refractivity (Wildman–Crippen MR) is 137 cm³/mol. The number of anilines is 2. The number of rotatable bonds is 9. The van der Waals surface area contributed by atoms with Gasteiger partial charge >= 0.3 is 5.69 Å². The molecule has 0 saturated heterocycles. The molecule has 3 rings (SSSR count). The number of nitrogens with zero attached hydrogens (tertiary/aromatic N) is 3. The van der Waals surface area contributed by atoms with Crippen LogP contribution in [-0.2, 0) is 6.54 Å². The van der Waals surface area contributed by atoms with Crippen LogP contribution in [0.25, 0.3) is 5.69 Å². The van der Waals surface area contributed by atoms with E-state index in [-0.39, 0.29) is 24.0 Å². The fraction of sp³-hybridized carbons (Fsp3) is 0.423. The van der Waals surface area contributed by atoms with Crippen molar-refractivity contribution in [1.29, 1.82) is 0 Å². The van der Waals surface area contributed by atoms with E-state index in [1.807, 2.05) is 20.8 Å². The molecule has 0 fully saturated rings. The fourth-order valence-electron chi connectivity index (χ4n) is 4.21. The van der Waals surface area contributed by atoms with Crippen molar-refractivity contribution < 1.29 is 9.18 Å². The van der Waals surface area contributed by atoms with E-state index in [0.29, 0.717) is 42.0 Å². The highest BCUT2D eigenvalue weighted by Crippen LogP contribution is 2.27. The second-order valence-corrected chi connectivity index (χ2v) is 9.21. The van der Waals surface area contributed by atoms with E-state index >= 15 is 0 Å². The van der Waals surface area contributed by atoms with Gasteiger partial charge in [-0.1, -0.05) is 39.3 Å². The number of nitrogen functional groups attached to an aromatic ring is 1. The largest absolute Gasteiger partial charge is 0.383 e. The number of halogens is 1. The minimum absolute atomic E-state index is 0.0350. The minimum Gasteiger partial charge on any atom is -0.383 e. The molecule has 8 nitrogen and oxygen atoms in total. The van der Waals surface area contributed by atoms with Crippen LogP contribution in [0.1, 0.15) is 61.8 Å². The Labute approximate surface area is 204 Å². The number of nitrogens with two attached hydrogens (primary N) is 1. The molecule has 0 spiro atoms. The zero-order chi connectivity index (χ0) is 25.9. The Hall–Kier alpha value is -3.62. The molecular formula is C26H34FN5O3. The van der Waals surface area contributed by atoms with Crippen LogP contribution in [0, 0.1) is 25.6 Å². The van der Waals surface area contributed by atoms with Gasteiger partial charge in [0, 0.05) is 24.5 Å². The Morgan fingerprint density at radius 1 is 1.20 bits per heavy atom. The molecule has 9 heteroatoms. The van der Waals surface area contributed by atoms with Gasteiger partial charge in [-0.05, 0) is 50.8 Å². The first-order chi connectivity index (χ1) is 16.6. The number of carbonyl (C=O) groups excluding carboxylic acids is 1. The standard InChI is InChI=1S/C26H34FN5O3/c1-6-7-13-31-23(28)22(24(33)29-26(31)35)30(14-12-16(2)3)25(34)19-15-17(4)32(18(19)5)21-11-9-8-10-20(21)27/h8-11,15-16H,6-7,12-14,28H2,1-5H3,(H,29,33,35). The molecule has 0 radical (unpaired) electrons. The number of nitrogens with one attached hydrogen (secondary N) is 1. The van der Waals surface area contributed by atoms with Crippen molar-refractivity contribution >= 4 is 17.4 Å². The van der Waals surface area contributed by atoms with Crippen LogP contribution in [0.15, 0.2) is 39.9 Å². The third-order valence-electron chi connectivity index (χ3n) is 6.15. The molecule has 188 valence electrons. The van der Waals surface area contributed by atoms with E-state index in [2.05, 4.69) is 4.98 Å². The molecule has 0 atom stereocenters. The van der Waals surface area contributed by atoms with Crippen molar-refractivity contribution in [1.82, 2.24) is 14.1 Å². The molecule has 1 amide bonds. The SMILES string of the molecule is CCCCn1c(N)c(N(CCC(C)C)C(=O)c2cc(C)n(-c3ccccc3F)c2C)c(=O)[nH]c1=O. The third kappa shape index (κ3) is 5.23. The van der Waals surface area contributed by atoms with Crippen LogP contribution in [0.2, 0.25) is 0 Å². The Kier molecular flexibility index (Phi) is 7.99. The highest BCUT2D eigenvalue weighted by Gasteiger charge is 2.28. The number of aryl methyl sites for hydroxylation is 1. The van der Waals surface area contributed by atoms with Gasteiger partial charge in [0.05, 0.1) is 11.3 Å². The van der Waals surface area contributed by atoms with Crippen molar-refractivity contribution in [2.45, 2.75) is 60.4 Å². The number of aromatic nitrogens is 3. The lowest BCUT2D eigenvalue weighted by Gasteiger charge is -2.25. The highest BCUT2D eigenvalue weighted by atomic mass is 19.1. The lowest BCUT2D eigenvalue weighted by atomic mass is 10.1. The number of unbranched alkanes of at least 4 members (excludes halogenated alkanes) is 1. The molecule has 3 N–H and O–H groups in total. The van der Waals surface area contributed by atoms with Crippen LogP contribution in [-0.4, -0.2) is 26.6 Å². The maximum Gasteiger partial charge on any atom is 0.330 e. The van der Waals surface area contributed by atoms with Crippen LogP contribution in [0.5, 0.6) is 0 Å². The summed E-state index contributed by atoms with van der Waals surface area (Å²) >= 11 is 0. The lowest BCUT2D eigenvalue weighted by Crippen LogP contribution is -2.42. The zero-order valence-corrected chi connectivity index (χ0v) is 21.0. The number of para-hydroxylation sites is 1. The number of aromatic amines is 1. The van der Waals surface area contributed by atoms with Crippen LogP contribution in [0.3, 0.4) is 0 Å². The molecule has 0 unspecified atom stereocenters. The molecule has 3 aromatic rings. The second kappa shape index (κ2) is 10.8. The summed E-state index contributed by atoms with van der Waals surface area (Å²) in [6.07, 6.45) is 2.14. The number of amides is 1. The van der Waals surface area contributed by atoms with Crippen LogP contribution in [0.4, 0.5) is 15.9 Å². The summed E-state index contributed by atoms with van der Waals surface area (Å²) in [6, 6.07) is 8.03. The van der Waals surface area contributed by atoms with Crippen molar-refractivity contribution in [2.75, 3.05) is 17.2 Å². The summed E-state index contributed by atoms with van der Waals surface area (Å²) in [5.74, 6) is -0.623. The van der Waals surface area contributed by atoms with E-state index < -0.39 is 23.0 Å². The van der Waals surface area contributed by atoms with Gasteiger partial charge in [0.2, 0.25) is 0 Å². The first kappa shape index (κ1) is 26.0. The van der Waals surface area contributed by atoms with E-state index in [9.17, 15) is 18.8 Å². The Morgan fingerprint density at radius 3 is 2.51 bits per heavy atom. The average molecular weight is 484 g/mol. The highest BCUT2D eigenvalue weighted by molar-refractivity contribution is 6.08.